The lowest BCUT2D eigenvalue weighted by Crippen LogP contribution is -2.55. The number of aromatic nitrogens is 2. The first-order valence-corrected chi connectivity index (χ1v) is 12.3. The van der Waals surface area contributed by atoms with E-state index in [2.05, 4.69) is 52.3 Å². The molecule has 3 aliphatic heterocycles. The van der Waals surface area contributed by atoms with Gasteiger partial charge in [0.05, 0.1) is 31.6 Å². The fourth-order valence-corrected chi connectivity index (χ4v) is 5.58. The molecule has 2 atom stereocenters. The maximum absolute atomic E-state index is 14.6. The van der Waals surface area contributed by atoms with Crippen LogP contribution in [0.2, 0.25) is 0 Å². The third kappa shape index (κ3) is 5.04. The fourth-order valence-electron chi connectivity index (χ4n) is 5.58. The summed E-state index contributed by atoms with van der Waals surface area (Å²) in [6, 6.07) is 8.10. The Bertz CT molecular complexity index is 1130. The molecule has 3 saturated heterocycles. The number of ether oxygens (including phenoxy) is 2. The van der Waals surface area contributed by atoms with Gasteiger partial charge < -0.3 is 20.1 Å². The van der Waals surface area contributed by atoms with Gasteiger partial charge in [0.1, 0.15) is 11.8 Å². The third-order valence-electron chi connectivity index (χ3n) is 7.38. The van der Waals surface area contributed by atoms with Gasteiger partial charge in [-0.15, -0.1) is 0 Å². The second-order valence-electron chi connectivity index (χ2n) is 11.0. The molecule has 35 heavy (non-hydrogen) atoms. The molecule has 1 aromatic heterocycles. The molecule has 0 unspecified atom stereocenters. The standard InChI is InChI=1S/C26H33FN6O2/c1-25(2)11-19(10-20-5-4-8-33(20)25)30-23-21(27)13-29-24(32-23)31-18-6-7-22(17(9-18)12-28)35-16-26(3)14-34-15-26/h6-7,9,13,19-20H,4-5,8,10-11,14-16H2,1-3H3,(H2,29,30,31,32)/t19-,20-/m1/s1. The van der Waals surface area contributed by atoms with Crippen LogP contribution in [0.5, 0.6) is 5.75 Å². The van der Waals surface area contributed by atoms with E-state index < -0.39 is 5.82 Å². The highest BCUT2D eigenvalue weighted by Gasteiger charge is 2.43. The molecule has 4 heterocycles. The number of benzene rings is 1. The largest absolute Gasteiger partial charge is 0.491 e. The fraction of sp³-hybridized carbons (Fsp3) is 0.577. The predicted octanol–water partition coefficient (Wildman–Crippen LogP) is 4.46. The predicted molar refractivity (Wildman–Crippen MR) is 131 cm³/mol. The molecule has 0 aliphatic carbocycles. The van der Waals surface area contributed by atoms with Crippen molar-refractivity contribution in [3.63, 3.8) is 0 Å². The Kier molecular flexibility index (Phi) is 6.28. The van der Waals surface area contributed by atoms with Gasteiger partial charge in [0.15, 0.2) is 11.6 Å². The van der Waals surface area contributed by atoms with Gasteiger partial charge in [0, 0.05) is 28.7 Å². The molecule has 1 aromatic carbocycles. The lowest BCUT2D eigenvalue weighted by atomic mass is 9.84. The van der Waals surface area contributed by atoms with Gasteiger partial charge in [-0.2, -0.15) is 10.2 Å². The van der Waals surface area contributed by atoms with Crippen molar-refractivity contribution in [2.75, 3.05) is 37.0 Å². The van der Waals surface area contributed by atoms with E-state index in [1.54, 1.807) is 18.2 Å². The highest BCUT2D eigenvalue weighted by molar-refractivity contribution is 5.61. The Balaban J connectivity index is 1.27. The van der Waals surface area contributed by atoms with Crippen molar-refractivity contribution in [3.8, 4) is 11.8 Å². The van der Waals surface area contributed by atoms with Crippen LogP contribution in [0.15, 0.2) is 24.4 Å². The van der Waals surface area contributed by atoms with Gasteiger partial charge in [-0.3, -0.25) is 4.90 Å². The molecule has 0 saturated carbocycles. The molecule has 2 aromatic rings. The molecule has 186 valence electrons. The number of piperidine rings is 1. The summed E-state index contributed by atoms with van der Waals surface area (Å²) in [7, 11) is 0. The van der Waals surface area contributed by atoms with Gasteiger partial charge in [-0.1, -0.05) is 6.92 Å². The Hall–Kier alpha value is -2.96. The number of nitrogens with one attached hydrogen (secondary N) is 2. The minimum Gasteiger partial charge on any atom is -0.491 e. The van der Waals surface area contributed by atoms with Crippen molar-refractivity contribution in [1.82, 2.24) is 14.9 Å². The van der Waals surface area contributed by atoms with E-state index in [0.29, 0.717) is 42.9 Å². The number of nitrogens with zero attached hydrogens (tertiary/aromatic N) is 4. The van der Waals surface area contributed by atoms with Crippen molar-refractivity contribution in [3.05, 3.63) is 35.8 Å². The van der Waals surface area contributed by atoms with E-state index in [1.807, 2.05) is 0 Å². The zero-order valence-corrected chi connectivity index (χ0v) is 20.6. The van der Waals surface area contributed by atoms with Crippen LogP contribution in [0.3, 0.4) is 0 Å². The molecule has 8 nitrogen and oxygen atoms in total. The van der Waals surface area contributed by atoms with Crippen LogP contribution >= 0.6 is 0 Å². The quantitative estimate of drug-likeness (QED) is 0.600. The normalized spacial score (nSPS) is 24.7. The molecule has 3 fully saturated rings. The first-order valence-electron chi connectivity index (χ1n) is 12.3. The van der Waals surface area contributed by atoms with Crippen molar-refractivity contribution < 1.29 is 13.9 Å². The number of hydrogen-bond acceptors (Lipinski definition) is 8. The minimum atomic E-state index is -0.475. The molecule has 0 spiro atoms. The minimum absolute atomic E-state index is 0.0153. The molecule has 5 rings (SSSR count). The van der Waals surface area contributed by atoms with E-state index in [1.165, 1.54) is 19.0 Å². The maximum atomic E-state index is 14.6. The van der Waals surface area contributed by atoms with Gasteiger partial charge in [0.2, 0.25) is 5.95 Å². The van der Waals surface area contributed by atoms with E-state index in [4.69, 9.17) is 9.47 Å². The summed E-state index contributed by atoms with van der Waals surface area (Å²) in [5.74, 6) is 0.515. The van der Waals surface area contributed by atoms with Crippen LogP contribution in [-0.4, -0.2) is 58.9 Å². The zero-order chi connectivity index (χ0) is 24.6. The summed E-state index contributed by atoms with van der Waals surface area (Å²) in [5.41, 5.74) is 1.09. The highest BCUT2D eigenvalue weighted by atomic mass is 19.1. The topological polar surface area (TPSA) is 95.3 Å². The van der Waals surface area contributed by atoms with E-state index in [-0.39, 0.29) is 28.8 Å². The lowest BCUT2D eigenvalue weighted by molar-refractivity contribution is -0.120. The number of hydrogen-bond donors (Lipinski definition) is 2. The van der Waals surface area contributed by atoms with Gasteiger partial charge >= 0.3 is 0 Å². The second-order valence-corrected chi connectivity index (χ2v) is 11.0. The van der Waals surface area contributed by atoms with Crippen molar-refractivity contribution in [2.45, 2.75) is 64.1 Å². The van der Waals surface area contributed by atoms with E-state index in [0.717, 1.165) is 19.4 Å². The number of anilines is 3. The molecule has 0 radical (unpaired) electrons. The van der Waals surface area contributed by atoms with Crippen LogP contribution in [0.25, 0.3) is 0 Å². The van der Waals surface area contributed by atoms with Crippen LogP contribution < -0.4 is 15.4 Å². The third-order valence-corrected chi connectivity index (χ3v) is 7.38. The van der Waals surface area contributed by atoms with Crippen LogP contribution in [0.4, 0.5) is 21.8 Å². The number of fused-ring (bicyclic) bond motifs is 1. The van der Waals surface area contributed by atoms with Crippen molar-refractivity contribution in [1.29, 1.82) is 5.26 Å². The molecule has 9 heteroatoms. The van der Waals surface area contributed by atoms with Gasteiger partial charge in [-0.25, -0.2) is 9.37 Å². The summed E-state index contributed by atoms with van der Waals surface area (Å²) < 4.78 is 25.8. The van der Waals surface area contributed by atoms with Crippen molar-refractivity contribution in [2.24, 2.45) is 5.41 Å². The molecule has 0 amide bonds. The van der Waals surface area contributed by atoms with Gasteiger partial charge in [-0.05, 0) is 64.3 Å². The SMILES string of the molecule is CC1(COc2ccc(Nc3ncc(F)c(N[C@@H]4C[C@H]5CCCN5C(C)(C)C4)n3)cc2C#N)COC1. The maximum Gasteiger partial charge on any atom is 0.229 e. The van der Waals surface area contributed by atoms with E-state index in [9.17, 15) is 9.65 Å². The summed E-state index contributed by atoms with van der Waals surface area (Å²) in [5, 5.41) is 16.0. The average Bonchev–Trinajstić information content (AvgIpc) is 3.28. The monoisotopic (exact) mass is 480 g/mol. The van der Waals surface area contributed by atoms with Gasteiger partial charge in [0.25, 0.3) is 0 Å². The first-order chi connectivity index (χ1) is 16.7. The molecular formula is C26H33FN6O2. The van der Waals surface area contributed by atoms with Crippen LogP contribution in [0.1, 0.15) is 52.0 Å². The molecular weight excluding hydrogens is 447 g/mol. The van der Waals surface area contributed by atoms with Crippen LogP contribution in [-0.2, 0) is 4.74 Å². The zero-order valence-electron chi connectivity index (χ0n) is 20.6. The number of nitriles is 1. The summed E-state index contributed by atoms with van der Waals surface area (Å²) in [6.07, 6.45) is 5.49. The first kappa shape index (κ1) is 23.8. The summed E-state index contributed by atoms with van der Waals surface area (Å²) in [6.45, 7) is 9.57. The van der Waals surface area contributed by atoms with Crippen LogP contribution in [0, 0.1) is 22.6 Å². The second kappa shape index (κ2) is 9.25. The number of rotatable bonds is 7. The summed E-state index contributed by atoms with van der Waals surface area (Å²) in [4.78, 5) is 11.1. The highest BCUT2D eigenvalue weighted by Crippen LogP contribution is 2.38. The average molecular weight is 481 g/mol. The summed E-state index contributed by atoms with van der Waals surface area (Å²) >= 11 is 0. The van der Waals surface area contributed by atoms with Crippen molar-refractivity contribution >= 4 is 17.5 Å². The Morgan fingerprint density at radius 3 is 2.89 bits per heavy atom. The lowest BCUT2D eigenvalue weighted by Gasteiger charge is -2.47. The smallest absolute Gasteiger partial charge is 0.229 e. The Morgan fingerprint density at radius 2 is 2.14 bits per heavy atom. The molecule has 0 bridgehead atoms. The molecule has 2 N–H and O–H groups in total. The Labute approximate surface area is 205 Å². The number of halogens is 1. The van der Waals surface area contributed by atoms with E-state index >= 15 is 0 Å². The Morgan fingerprint density at radius 1 is 1.31 bits per heavy atom. The molecule has 3 aliphatic rings.